The number of ketones is 2. The molecule has 0 fully saturated rings. The minimum Gasteiger partial charge on any atom is -0.550 e. The molecule has 0 saturated heterocycles. The number of rotatable bonds is 9. The molecule has 0 aromatic heterocycles. The van der Waals surface area contributed by atoms with Gasteiger partial charge in [0.15, 0.2) is 0 Å². The summed E-state index contributed by atoms with van der Waals surface area (Å²) < 4.78 is 0. The van der Waals surface area contributed by atoms with Gasteiger partial charge < -0.3 is 19.8 Å². The van der Waals surface area contributed by atoms with E-state index in [9.17, 15) is 29.4 Å². The van der Waals surface area contributed by atoms with Crippen LogP contribution < -0.4 is 10.2 Å². The van der Waals surface area contributed by atoms with Crippen LogP contribution in [0.1, 0.15) is 44.6 Å². The second-order valence-corrected chi connectivity index (χ2v) is 4.91. The van der Waals surface area contributed by atoms with E-state index in [1.165, 1.54) is 0 Å². The summed E-state index contributed by atoms with van der Waals surface area (Å²) in [6.07, 6.45) is 0.978. The number of hydrogen-bond acceptors (Lipinski definition) is 6. The van der Waals surface area contributed by atoms with Gasteiger partial charge >= 0.3 is 17.4 Å². The molecule has 0 saturated carbocycles. The van der Waals surface area contributed by atoms with Crippen LogP contribution in [0.2, 0.25) is 0 Å². The van der Waals surface area contributed by atoms with Crippen LogP contribution >= 0.6 is 0 Å². The van der Waals surface area contributed by atoms with Gasteiger partial charge in [0.25, 0.3) is 0 Å². The fourth-order valence-corrected chi connectivity index (χ4v) is 1.71. The zero-order valence-corrected chi connectivity index (χ0v) is 14.8. The van der Waals surface area contributed by atoms with Gasteiger partial charge in [-0.05, 0) is 18.4 Å². The summed E-state index contributed by atoms with van der Waals surface area (Å²) in [4.78, 5) is 41.3. The summed E-state index contributed by atoms with van der Waals surface area (Å²) >= 11 is 0. The largest absolute Gasteiger partial charge is 2.00 e. The van der Waals surface area contributed by atoms with Crippen LogP contribution in [0.25, 0.3) is 0 Å². The molecular weight excluding hydrogens is 327 g/mol. The maximum atomic E-state index is 11.0. The molecule has 6 nitrogen and oxygen atoms in total. The molecule has 1 aromatic rings. The van der Waals surface area contributed by atoms with Crippen LogP contribution in [-0.4, -0.2) is 40.9 Å². The molecule has 0 unspecified atom stereocenters. The average molecular weight is 347 g/mol. The maximum absolute atomic E-state index is 11.0. The van der Waals surface area contributed by atoms with Crippen LogP contribution in [0.4, 0.5) is 0 Å². The van der Waals surface area contributed by atoms with E-state index in [4.69, 9.17) is 0 Å². The van der Waals surface area contributed by atoms with Crippen molar-refractivity contribution in [1.29, 1.82) is 0 Å². The van der Waals surface area contributed by atoms with Gasteiger partial charge in [-0.1, -0.05) is 37.3 Å². The van der Waals surface area contributed by atoms with Gasteiger partial charge in [-0.15, -0.1) is 0 Å². The van der Waals surface area contributed by atoms with Crippen LogP contribution in [-0.2, 0) is 25.6 Å². The van der Waals surface area contributed by atoms with E-state index in [2.05, 4.69) is 0 Å². The van der Waals surface area contributed by atoms with Crippen molar-refractivity contribution >= 4 is 40.9 Å². The maximum Gasteiger partial charge on any atom is 2.00 e. The van der Waals surface area contributed by atoms with Crippen LogP contribution in [0.5, 0.6) is 0 Å². The third-order valence-corrected chi connectivity index (χ3v) is 2.75. The molecule has 1 rings (SSSR count). The zero-order valence-electron chi connectivity index (χ0n) is 13.7. The zero-order chi connectivity index (χ0) is 17.7. The van der Waals surface area contributed by atoms with Crippen molar-refractivity contribution in [3.05, 3.63) is 35.9 Å². The molecule has 7 heteroatoms. The fraction of sp³-hybridized carbons (Fsp3) is 0.412. The van der Waals surface area contributed by atoms with Gasteiger partial charge in [0, 0.05) is 37.6 Å². The second-order valence-electron chi connectivity index (χ2n) is 4.91. The van der Waals surface area contributed by atoms with Gasteiger partial charge in [0.05, 0.1) is 0 Å². The Morgan fingerprint density at radius 1 is 0.833 bits per heavy atom. The standard InChI is InChI=1S/C11H12O3.C6H10O3.Al/c12-10(8-11(13)14)7-6-9-4-2-1-3-5-9;1-2-3-5(7)4-6(8)9;/h1-5H,6-8H2,(H,13,14);2-4H2,1H3,(H,8,9);/q;;+2/p-2. The van der Waals surface area contributed by atoms with Gasteiger partial charge in [0.1, 0.15) is 11.6 Å². The molecule has 0 spiro atoms. The number of carbonyl (C=O) groups is 4. The SMILES string of the molecule is CCCC(=O)CC(=O)[O-].O=C([O-])CC(=O)CCc1ccccc1.[Al+2]. The van der Waals surface area contributed by atoms with Crippen LogP contribution in [0, 0.1) is 0 Å². The first-order valence-corrected chi connectivity index (χ1v) is 7.32. The van der Waals surface area contributed by atoms with Crippen molar-refractivity contribution in [2.24, 2.45) is 0 Å². The molecular formula is C17H20AlO6. The number of benzene rings is 1. The normalized spacial score (nSPS) is 9.04. The van der Waals surface area contributed by atoms with E-state index in [0.29, 0.717) is 19.3 Å². The molecule has 0 aliphatic heterocycles. The summed E-state index contributed by atoms with van der Waals surface area (Å²) in [6.45, 7) is 1.83. The van der Waals surface area contributed by atoms with E-state index in [-0.39, 0.29) is 35.3 Å². The topological polar surface area (TPSA) is 114 Å². The Bertz CT molecular complexity index is 527. The van der Waals surface area contributed by atoms with E-state index >= 15 is 0 Å². The molecule has 0 bridgehead atoms. The quantitative estimate of drug-likeness (QED) is 0.437. The van der Waals surface area contributed by atoms with E-state index in [0.717, 1.165) is 5.56 Å². The average Bonchev–Trinajstić information content (AvgIpc) is 2.45. The predicted octanol–water partition coefficient (Wildman–Crippen LogP) is -0.557. The molecule has 0 N–H and O–H groups in total. The first-order valence-electron chi connectivity index (χ1n) is 7.32. The Morgan fingerprint density at radius 2 is 1.29 bits per heavy atom. The van der Waals surface area contributed by atoms with E-state index < -0.39 is 24.8 Å². The second kappa shape index (κ2) is 14.6. The Kier molecular flexibility index (Phi) is 14.8. The van der Waals surface area contributed by atoms with Crippen molar-refractivity contribution in [3.8, 4) is 0 Å². The number of carbonyl (C=O) groups excluding carboxylic acids is 4. The number of hydrogen-bond donors (Lipinski definition) is 0. The first kappa shape index (κ1) is 24.3. The Morgan fingerprint density at radius 3 is 1.71 bits per heavy atom. The fourth-order valence-electron chi connectivity index (χ4n) is 1.71. The van der Waals surface area contributed by atoms with Crippen LogP contribution in [0.15, 0.2) is 30.3 Å². The summed E-state index contributed by atoms with van der Waals surface area (Å²) in [7, 11) is 0. The number of aliphatic carboxylic acids is 2. The molecule has 0 aliphatic carbocycles. The van der Waals surface area contributed by atoms with E-state index in [1.54, 1.807) is 0 Å². The number of Topliss-reactive ketones (excluding diaryl/α,β-unsaturated/α-hetero) is 2. The van der Waals surface area contributed by atoms with E-state index in [1.807, 2.05) is 37.3 Å². The number of carboxylic acid groups (broad SMARTS) is 2. The van der Waals surface area contributed by atoms with Gasteiger partial charge in [0.2, 0.25) is 0 Å². The molecule has 0 atom stereocenters. The number of aryl methyl sites for hydroxylation is 1. The molecule has 0 heterocycles. The predicted molar refractivity (Wildman–Crippen MR) is 84.7 cm³/mol. The third kappa shape index (κ3) is 14.9. The summed E-state index contributed by atoms with van der Waals surface area (Å²) in [5.74, 6) is -3.12. The van der Waals surface area contributed by atoms with Crippen molar-refractivity contribution in [2.45, 2.75) is 45.4 Å². The van der Waals surface area contributed by atoms with Crippen LogP contribution in [0.3, 0.4) is 0 Å². The molecule has 0 aliphatic rings. The van der Waals surface area contributed by atoms with Crippen molar-refractivity contribution < 1.29 is 29.4 Å². The molecule has 0 amide bonds. The minimum atomic E-state index is -1.30. The molecule has 24 heavy (non-hydrogen) atoms. The monoisotopic (exact) mass is 347 g/mol. The Balaban J connectivity index is 0. The van der Waals surface area contributed by atoms with Crippen molar-refractivity contribution in [2.75, 3.05) is 0 Å². The van der Waals surface area contributed by atoms with Gasteiger partial charge in [-0.2, -0.15) is 0 Å². The number of carboxylic acids is 2. The first-order chi connectivity index (χ1) is 10.8. The third-order valence-electron chi connectivity index (χ3n) is 2.75. The Labute approximate surface area is 152 Å². The smallest absolute Gasteiger partial charge is 0.550 e. The van der Waals surface area contributed by atoms with Crippen molar-refractivity contribution in [3.63, 3.8) is 0 Å². The summed E-state index contributed by atoms with van der Waals surface area (Å²) in [5, 5.41) is 19.8. The molecule has 127 valence electrons. The Hall–Kier alpha value is -1.97. The van der Waals surface area contributed by atoms with Crippen molar-refractivity contribution in [1.82, 2.24) is 0 Å². The minimum absolute atomic E-state index is 0. The van der Waals surface area contributed by atoms with Gasteiger partial charge in [-0.3, -0.25) is 9.59 Å². The molecule has 1 aromatic carbocycles. The molecule has 1 radical (unpaired) electrons. The summed E-state index contributed by atoms with van der Waals surface area (Å²) in [5.41, 5.74) is 1.04. The van der Waals surface area contributed by atoms with Gasteiger partial charge in [-0.25, -0.2) is 0 Å². The summed E-state index contributed by atoms with van der Waals surface area (Å²) in [6, 6.07) is 9.49.